The van der Waals surface area contributed by atoms with Gasteiger partial charge in [0.25, 0.3) is 5.91 Å². The van der Waals surface area contributed by atoms with Crippen LogP contribution in [0.25, 0.3) is 16.8 Å². The van der Waals surface area contributed by atoms with Gasteiger partial charge in [-0.05, 0) is 37.4 Å². The number of nitriles is 1. The van der Waals surface area contributed by atoms with Crippen LogP contribution < -0.4 is 10.1 Å². The molecule has 0 atom stereocenters. The first kappa shape index (κ1) is 18.2. The first-order valence-corrected chi connectivity index (χ1v) is 8.75. The number of para-hydroxylation sites is 1. The number of carbonyl (C=O) groups excluding carboxylic acids is 1. The summed E-state index contributed by atoms with van der Waals surface area (Å²) in [6, 6.07) is 22.8. The molecule has 0 fully saturated rings. The molecule has 4 nitrogen and oxygen atoms in total. The van der Waals surface area contributed by atoms with Crippen LogP contribution in [0, 0.1) is 11.3 Å². The van der Waals surface area contributed by atoms with Crippen LogP contribution in [0.5, 0.6) is 5.75 Å². The monoisotopic (exact) mass is 356 g/mol. The maximum absolute atomic E-state index is 12.7. The minimum absolute atomic E-state index is 0.00500. The Morgan fingerprint density at radius 2 is 1.74 bits per heavy atom. The molecular formula is C23H20N2O2. The average Bonchev–Trinajstić information content (AvgIpc) is 2.67. The predicted octanol–water partition coefficient (Wildman–Crippen LogP) is 5.17. The molecule has 0 heterocycles. The van der Waals surface area contributed by atoms with Crippen molar-refractivity contribution in [2.75, 3.05) is 5.32 Å². The van der Waals surface area contributed by atoms with Gasteiger partial charge in [-0.2, -0.15) is 5.26 Å². The Bertz CT molecular complexity index is 1040. The van der Waals surface area contributed by atoms with Gasteiger partial charge in [-0.25, -0.2) is 0 Å². The van der Waals surface area contributed by atoms with E-state index in [1.165, 1.54) is 0 Å². The van der Waals surface area contributed by atoms with Crippen molar-refractivity contribution in [3.05, 3.63) is 77.9 Å². The lowest BCUT2D eigenvalue weighted by atomic mass is 10.1. The number of hydrogen-bond donors (Lipinski definition) is 1. The second-order valence-corrected chi connectivity index (χ2v) is 6.36. The summed E-state index contributed by atoms with van der Waals surface area (Å²) in [6.07, 6.45) is 1.55. The second-order valence-electron chi connectivity index (χ2n) is 6.36. The van der Waals surface area contributed by atoms with Gasteiger partial charge in [0, 0.05) is 16.6 Å². The molecule has 3 aromatic rings. The Kier molecular flexibility index (Phi) is 5.53. The van der Waals surface area contributed by atoms with Crippen LogP contribution in [0.15, 0.2) is 72.3 Å². The first-order valence-electron chi connectivity index (χ1n) is 8.75. The van der Waals surface area contributed by atoms with Gasteiger partial charge in [0.05, 0.1) is 6.10 Å². The summed E-state index contributed by atoms with van der Waals surface area (Å²) >= 11 is 0. The lowest BCUT2D eigenvalue weighted by Gasteiger charge is -2.12. The summed E-state index contributed by atoms with van der Waals surface area (Å²) in [5, 5.41) is 14.3. The highest BCUT2D eigenvalue weighted by Crippen LogP contribution is 2.25. The molecule has 0 saturated carbocycles. The highest BCUT2D eigenvalue weighted by Gasteiger charge is 2.13. The molecule has 3 aromatic carbocycles. The van der Waals surface area contributed by atoms with E-state index in [1.807, 2.05) is 86.6 Å². The fourth-order valence-corrected chi connectivity index (χ4v) is 2.79. The normalized spacial score (nSPS) is 11.3. The zero-order valence-electron chi connectivity index (χ0n) is 15.3. The maximum atomic E-state index is 12.7. The summed E-state index contributed by atoms with van der Waals surface area (Å²) in [6.45, 7) is 3.86. The zero-order valence-corrected chi connectivity index (χ0v) is 15.3. The van der Waals surface area contributed by atoms with Crippen molar-refractivity contribution < 1.29 is 9.53 Å². The van der Waals surface area contributed by atoms with Gasteiger partial charge in [0.15, 0.2) is 0 Å². The summed E-state index contributed by atoms with van der Waals surface area (Å²) < 4.78 is 5.76. The van der Waals surface area contributed by atoms with Crippen molar-refractivity contribution in [1.29, 1.82) is 5.26 Å². The van der Waals surface area contributed by atoms with E-state index < -0.39 is 5.91 Å². The summed E-state index contributed by atoms with van der Waals surface area (Å²) in [5.74, 6) is 0.186. The smallest absolute Gasteiger partial charge is 0.266 e. The Labute approximate surface area is 158 Å². The number of hydrogen-bond acceptors (Lipinski definition) is 3. The Morgan fingerprint density at radius 1 is 1.04 bits per heavy atom. The minimum atomic E-state index is -0.451. The highest BCUT2D eigenvalue weighted by atomic mass is 16.5. The number of nitrogens with zero attached hydrogens (tertiary/aromatic N) is 1. The van der Waals surface area contributed by atoms with Crippen LogP contribution in [-0.4, -0.2) is 12.0 Å². The molecule has 0 saturated heterocycles. The van der Waals surface area contributed by atoms with E-state index in [0.717, 1.165) is 10.8 Å². The molecule has 0 unspecified atom stereocenters. The maximum Gasteiger partial charge on any atom is 0.266 e. The average molecular weight is 356 g/mol. The SMILES string of the molecule is CC(C)Oc1ccccc1/C=C(/C#N)C(=O)Nc1cccc2ccccc12. The lowest BCUT2D eigenvalue weighted by molar-refractivity contribution is -0.112. The number of carbonyl (C=O) groups is 1. The number of nitrogens with one attached hydrogen (secondary N) is 1. The van der Waals surface area contributed by atoms with Gasteiger partial charge in [-0.1, -0.05) is 54.6 Å². The van der Waals surface area contributed by atoms with Gasteiger partial charge in [0.1, 0.15) is 17.4 Å². The van der Waals surface area contributed by atoms with Gasteiger partial charge < -0.3 is 10.1 Å². The topological polar surface area (TPSA) is 62.1 Å². The standard InChI is InChI=1S/C23H20N2O2/c1-16(2)27-22-13-6-4-9-18(22)14-19(15-24)23(26)25-21-12-7-10-17-8-3-5-11-20(17)21/h3-14,16H,1-2H3,(H,25,26)/b19-14-. The zero-order chi connectivity index (χ0) is 19.2. The van der Waals surface area contributed by atoms with Crippen molar-refractivity contribution in [2.24, 2.45) is 0 Å². The van der Waals surface area contributed by atoms with Crippen LogP contribution in [0.1, 0.15) is 19.4 Å². The molecule has 0 aliphatic carbocycles. The van der Waals surface area contributed by atoms with Gasteiger partial charge in [-0.3, -0.25) is 4.79 Å². The number of fused-ring (bicyclic) bond motifs is 1. The number of ether oxygens (including phenoxy) is 1. The van der Waals surface area contributed by atoms with E-state index in [-0.39, 0.29) is 11.7 Å². The molecule has 0 spiro atoms. The number of benzene rings is 3. The third kappa shape index (κ3) is 4.34. The number of anilines is 1. The van der Waals surface area contributed by atoms with Crippen LogP contribution >= 0.6 is 0 Å². The third-order valence-electron chi connectivity index (χ3n) is 3.98. The molecule has 4 heteroatoms. The van der Waals surface area contributed by atoms with E-state index in [4.69, 9.17) is 4.74 Å². The van der Waals surface area contributed by atoms with Crippen LogP contribution in [0.2, 0.25) is 0 Å². The largest absolute Gasteiger partial charge is 0.490 e. The highest BCUT2D eigenvalue weighted by molar-refractivity contribution is 6.13. The molecule has 0 aliphatic rings. The quantitative estimate of drug-likeness (QED) is 0.506. The molecular weight excluding hydrogens is 336 g/mol. The van der Waals surface area contributed by atoms with Gasteiger partial charge in [-0.15, -0.1) is 0 Å². The molecule has 1 amide bonds. The number of rotatable bonds is 5. The van der Waals surface area contributed by atoms with Crippen molar-refractivity contribution in [2.45, 2.75) is 20.0 Å². The summed E-state index contributed by atoms with van der Waals surface area (Å²) in [7, 11) is 0. The van der Waals surface area contributed by atoms with E-state index in [0.29, 0.717) is 17.0 Å². The van der Waals surface area contributed by atoms with E-state index in [1.54, 1.807) is 6.08 Å². The fourth-order valence-electron chi connectivity index (χ4n) is 2.79. The molecule has 0 aliphatic heterocycles. The molecule has 0 aromatic heterocycles. The van der Waals surface area contributed by atoms with Crippen molar-refractivity contribution in [1.82, 2.24) is 0 Å². The first-order chi connectivity index (χ1) is 13.1. The Hall–Kier alpha value is -3.58. The number of amides is 1. The minimum Gasteiger partial charge on any atom is -0.490 e. The lowest BCUT2D eigenvalue weighted by Crippen LogP contribution is -2.14. The van der Waals surface area contributed by atoms with Gasteiger partial charge in [0.2, 0.25) is 0 Å². The fraction of sp³-hybridized carbons (Fsp3) is 0.130. The summed E-state index contributed by atoms with van der Waals surface area (Å²) in [4.78, 5) is 12.7. The van der Waals surface area contributed by atoms with Crippen LogP contribution in [0.4, 0.5) is 5.69 Å². The summed E-state index contributed by atoms with van der Waals surface area (Å²) in [5.41, 5.74) is 1.38. The molecule has 0 bridgehead atoms. The molecule has 134 valence electrons. The van der Waals surface area contributed by atoms with E-state index >= 15 is 0 Å². The molecule has 27 heavy (non-hydrogen) atoms. The van der Waals surface area contributed by atoms with Crippen LogP contribution in [-0.2, 0) is 4.79 Å². The Balaban J connectivity index is 1.91. The second kappa shape index (κ2) is 8.20. The van der Waals surface area contributed by atoms with Crippen molar-refractivity contribution >= 4 is 28.4 Å². The molecule has 3 rings (SSSR count). The molecule has 0 radical (unpaired) electrons. The Morgan fingerprint density at radius 3 is 2.52 bits per heavy atom. The van der Waals surface area contributed by atoms with Crippen molar-refractivity contribution in [3.8, 4) is 11.8 Å². The predicted molar refractivity (Wildman–Crippen MR) is 108 cm³/mol. The third-order valence-corrected chi connectivity index (χ3v) is 3.98. The van der Waals surface area contributed by atoms with E-state index in [9.17, 15) is 10.1 Å². The van der Waals surface area contributed by atoms with Crippen LogP contribution in [0.3, 0.4) is 0 Å². The van der Waals surface area contributed by atoms with E-state index in [2.05, 4.69) is 5.32 Å². The van der Waals surface area contributed by atoms with Crippen molar-refractivity contribution in [3.63, 3.8) is 0 Å². The molecule has 1 N–H and O–H groups in total. The van der Waals surface area contributed by atoms with Gasteiger partial charge >= 0.3 is 0 Å².